The van der Waals surface area contributed by atoms with E-state index in [9.17, 15) is 4.79 Å². The van der Waals surface area contributed by atoms with Gasteiger partial charge in [-0.15, -0.1) is 0 Å². The average Bonchev–Trinajstić information content (AvgIpc) is 2.06. The predicted octanol–water partition coefficient (Wildman–Crippen LogP) is 1.94. The molecule has 0 radical (unpaired) electrons. The zero-order valence-electron chi connectivity index (χ0n) is 5.98. The van der Waals surface area contributed by atoms with Crippen molar-refractivity contribution in [1.82, 2.24) is 4.98 Å². The molecule has 58 valence electrons. The molecule has 0 bridgehead atoms. The quantitative estimate of drug-likeness (QED) is 0.475. The lowest BCUT2D eigenvalue weighted by molar-refractivity contribution is 0.200. The van der Waals surface area contributed by atoms with Crippen LogP contribution in [-0.2, 0) is 4.74 Å². The number of pyridine rings is 1. The number of thioether (sulfide) groups is 1. The molecule has 1 aromatic rings. The molecule has 0 aliphatic heterocycles. The third-order valence-electron chi connectivity index (χ3n) is 1.00. The summed E-state index contributed by atoms with van der Waals surface area (Å²) in [5.41, 5.74) is 0. The molecule has 0 amide bonds. The van der Waals surface area contributed by atoms with Crippen molar-refractivity contribution < 1.29 is 9.53 Å². The molecular formula is C7H7NO2S. The van der Waals surface area contributed by atoms with E-state index in [0.717, 1.165) is 16.7 Å². The van der Waals surface area contributed by atoms with Crippen LogP contribution in [0.15, 0.2) is 29.4 Å². The summed E-state index contributed by atoms with van der Waals surface area (Å²) in [5.74, 6) is 0. The van der Waals surface area contributed by atoms with E-state index in [2.05, 4.69) is 9.72 Å². The highest BCUT2D eigenvalue weighted by Gasteiger charge is 2.01. The van der Waals surface area contributed by atoms with E-state index >= 15 is 0 Å². The average molecular weight is 169 g/mol. The first-order chi connectivity index (χ1) is 5.33. The van der Waals surface area contributed by atoms with E-state index in [1.807, 2.05) is 0 Å². The molecule has 11 heavy (non-hydrogen) atoms. The van der Waals surface area contributed by atoms with Gasteiger partial charge in [-0.2, -0.15) is 0 Å². The Morgan fingerprint density at radius 3 is 3.09 bits per heavy atom. The van der Waals surface area contributed by atoms with Gasteiger partial charge in [0.25, 0.3) is 0 Å². The van der Waals surface area contributed by atoms with Gasteiger partial charge in [0, 0.05) is 17.3 Å². The second-order valence-electron chi connectivity index (χ2n) is 1.74. The van der Waals surface area contributed by atoms with Crippen LogP contribution in [-0.4, -0.2) is 17.4 Å². The highest BCUT2D eigenvalue weighted by molar-refractivity contribution is 8.13. The van der Waals surface area contributed by atoms with Crippen LogP contribution >= 0.6 is 11.8 Å². The molecule has 0 saturated carbocycles. The van der Waals surface area contributed by atoms with Crippen molar-refractivity contribution in [3.05, 3.63) is 24.5 Å². The number of hydrogen-bond donors (Lipinski definition) is 0. The van der Waals surface area contributed by atoms with Gasteiger partial charge in [-0.05, 0) is 23.9 Å². The van der Waals surface area contributed by atoms with E-state index in [0.29, 0.717) is 0 Å². The summed E-state index contributed by atoms with van der Waals surface area (Å²) < 4.78 is 4.45. The van der Waals surface area contributed by atoms with E-state index < -0.39 is 0 Å². The summed E-state index contributed by atoms with van der Waals surface area (Å²) >= 11 is 1.02. The Kier molecular flexibility index (Phi) is 2.92. The van der Waals surface area contributed by atoms with Crippen molar-refractivity contribution >= 4 is 17.1 Å². The minimum atomic E-state index is -0.321. The molecule has 4 heteroatoms. The van der Waals surface area contributed by atoms with Crippen LogP contribution in [0, 0.1) is 0 Å². The SMILES string of the molecule is COC(=O)Sc1cccnc1. The number of methoxy groups -OCH3 is 1. The number of hydrogen-bond acceptors (Lipinski definition) is 4. The monoisotopic (exact) mass is 169 g/mol. The van der Waals surface area contributed by atoms with Crippen molar-refractivity contribution in [2.45, 2.75) is 4.90 Å². The van der Waals surface area contributed by atoms with Gasteiger partial charge >= 0.3 is 5.30 Å². The smallest absolute Gasteiger partial charge is 0.371 e. The molecule has 0 atom stereocenters. The van der Waals surface area contributed by atoms with Gasteiger partial charge < -0.3 is 4.74 Å². The van der Waals surface area contributed by atoms with Gasteiger partial charge in [0.2, 0.25) is 0 Å². The predicted molar refractivity (Wildman–Crippen MR) is 42.5 cm³/mol. The fraction of sp³-hybridized carbons (Fsp3) is 0.143. The summed E-state index contributed by atoms with van der Waals surface area (Å²) in [6.07, 6.45) is 3.27. The zero-order valence-corrected chi connectivity index (χ0v) is 6.80. The summed E-state index contributed by atoms with van der Waals surface area (Å²) in [4.78, 5) is 15.3. The minimum absolute atomic E-state index is 0.321. The van der Waals surface area contributed by atoms with Gasteiger partial charge in [0.1, 0.15) is 0 Å². The van der Waals surface area contributed by atoms with Crippen LogP contribution in [0.25, 0.3) is 0 Å². The second kappa shape index (κ2) is 3.98. The molecule has 0 fully saturated rings. The Balaban J connectivity index is 2.58. The fourth-order valence-electron chi connectivity index (χ4n) is 0.545. The topological polar surface area (TPSA) is 39.2 Å². The summed E-state index contributed by atoms with van der Waals surface area (Å²) in [6.45, 7) is 0. The first kappa shape index (κ1) is 8.07. The van der Waals surface area contributed by atoms with Gasteiger partial charge in [0.05, 0.1) is 7.11 Å². The maximum Gasteiger partial charge on any atom is 0.371 e. The number of carbonyl (C=O) groups excluding carboxylic acids is 1. The van der Waals surface area contributed by atoms with Gasteiger partial charge in [-0.3, -0.25) is 4.98 Å². The molecule has 0 aliphatic carbocycles. The molecular weight excluding hydrogens is 162 g/mol. The standard InChI is InChI=1S/C7H7NO2S/c1-10-7(9)11-6-3-2-4-8-5-6/h2-5H,1H3. The first-order valence-electron chi connectivity index (χ1n) is 2.99. The second-order valence-corrected chi connectivity index (χ2v) is 2.75. The van der Waals surface area contributed by atoms with Crippen molar-refractivity contribution in [1.29, 1.82) is 0 Å². The third kappa shape index (κ3) is 2.59. The molecule has 0 spiro atoms. The third-order valence-corrected chi connectivity index (χ3v) is 1.81. The summed E-state index contributed by atoms with van der Waals surface area (Å²) in [5, 5.41) is -0.321. The van der Waals surface area contributed by atoms with Crippen LogP contribution in [0.1, 0.15) is 0 Å². The molecule has 1 aromatic heterocycles. The molecule has 1 rings (SSSR count). The Morgan fingerprint density at radius 2 is 2.55 bits per heavy atom. The Bertz CT molecular complexity index is 237. The largest absolute Gasteiger partial charge is 0.461 e. The Morgan fingerprint density at radius 1 is 1.73 bits per heavy atom. The number of aromatic nitrogens is 1. The lowest BCUT2D eigenvalue weighted by atomic mass is 10.5. The van der Waals surface area contributed by atoms with E-state index in [1.165, 1.54) is 7.11 Å². The molecule has 0 aliphatic rings. The van der Waals surface area contributed by atoms with Gasteiger partial charge in [-0.25, -0.2) is 4.79 Å². The van der Waals surface area contributed by atoms with Crippen molar-refractivity contribution in [2.75, 3.05) is 7.11 Å². The minimum Gasteiger partial charge on any atom is -0.461 e. The van der Waals surface area contributed by atoms with Crippen LogP contribution in [0.4, 0.5) is 4.79 Å². The number of ether oxygens (including phenoxy) is 1. The lowest BCUT2D eigenvalue weighted by Crippen LogP contribution is -1.89. The molecule has 0 saturated heterocycles. The molecule has 3 nitrogen and oxygen atoms in total. The van der Waals surface area contributed by atoms with Crippen LogP contribution < -0.4 is 0 Å². The van der Waals surface area contributed by atoms with Crippen LogP contribution in [0.3, 0.4) is 0 Å². The van der Waals surface area contributed by atoms with E-state index in [4.69, 9.17) is 0 Å². The van der Waals surface area contributed by atoms with Crippen LogP contribution in [0.2, 0.25) is 0 Å². The maximum absolute atomic E-state index is 10.7. The first-order valence-corrected chi connectivity index (χ1v) is 3.80. The Labute approximate surface area is 68.8 Å². The number of carbonyl (C=O) groups is 1. The lowest BCUT2D eigenvalue weighted by Gasteiger charge is -1.95. The van der Waals surface area contributed by atoms with Crippen LogP contribution in [0.5, 0.6) is 0 Å². The van der Waals surface area contributed by atoms with Crippen molar-refractivity contribution in [2.24, 2.45) is 0 Å². The molecule has 0 aromatic carbocycles. The zero-order chi connectivity index (χ0) is 8.10. The van der Waals surface area contributed by atoms with Gasteiger partial charge in [-0.1, -0.05) is 0 Å². The molecule has 0 N–H and O–H groups in total. The van der Waals surface area contributed by atoms with Crippen molar-refractivity contribution in [3.8, 4) is 0 Å². The van der Waals surface area contributed by atoms with E-state index in [-0.39, 0.29) is 5.30 Å². The summed E-state index contributed by atoms with van der Waals surface area (Å²) in [6, 6.07) is 3.57. The highest BCUT2D eigenvalue weighted by Crippen LogP contribution is 2.17. The fourth-order valence-corrected chi connectivity index (χ4v) is 1.08. The summed E-state index contributed by atoms with van der Waals surface area (Å²) in [7, 11) is 1.35. The molecule has 1 heterocycles. The number of nitrogens with zero attached hydrogens (tertiary/aromatic N) is 1. The van der Waals surface area contributed by atoms with Crippen molar-refractivity contribution in [3.63, 3.8) is 0 Å². The number of rotatable bonds is 1. The highest BCUT2D eigenvalue weighted by atomic mass is 32.2. The van der Waals surface area contributed by atoms with E-state index in [1.54, 1.807) is 24.5 Å². The Hall–Kier alpha value is -1.03. The van der Waals surface area contributed by atoms with Gasteiger partial charge in [0.15, 0.2) is 0 Å². The molecule has 0 unspecified atom stereocenters. The maximum atomic E-state index is 10.7. The normalized spacial score (nSPS) is 9.18.